The zero-order valence-corrected chi connectivity index (χ0v) is 6.18. The summed E-state index contributed by atoms with van der Waals surface area (Å²) >= 11 is 0. The number of hydrazine groups is 1. The van der Waals surface area contributed by atoms with Crippen LogP contribution in [0.3, 0.4) is 0 Å². The quantitative estimate of drug-likeness (QED) is 0.279. The Morgan fingerprint density at radius 2 is 2.08 bits per heavy atom. The number of amides is 2. The lowest BCUT2D eigenvalue weighted by Crippen LogP contribution is -2.35. The van der Waals surface area contributed by atoms with Crippen molar-refractivity contribution in [3.63, 3.8) is 0 Å². The van der Waals surface area contributed by atoms with E-state index in [4.69, 9.17) is 5.84 Å². The first-order valence-electron chi connectivity index (χ1n) is 3.19. The summed E-state index contributed by atoms with van der Waals surface area (Å²) in [6.45, 7) is 0. The predicted molar refractivity (Wildman–Crippen MR) is 40.7 cm³/mol. The van der Waals surface area contributed by atoms with Gasteiger partial charge in [0.05, 0.1) is 0 Å². The number of carbonyl (C=O) groups is 2. The van der Waals surface area contributed by atoms with Crippen molar-refractivity contribution >= 4 is 12.3 Å². The summed E-state index contributed by atoms with van der Waals surface area (Å²) in [6, 6.07) is 2.96. The van der Waals surface area contributed by atoms with Crippen LogP contribution < -0.4 is 5.84 Å². The van der Waals surface area contributed by atoms with Gasteiger partial charge in [0.1, 0.15) is 0 Å². The van der Waals surface area contributed by atoms with Gasteiger partial charge in [-0.15, -0.1) is 0 Å². The van der Waals surface area contributed by atoms with Crippen LogP contribution in [0.2, 0.25) is 0 Å². The zero-order valence-electron chi connectivity index (χ0n) is 6.18. The first-order valence-corrected chi connectivity index (χ1v) is 3.19. The van der Waals surface area contributed by atoms with Crippen molar-refractivity contribution in [2.24, 2.45) is 5.84 Å². The van der Waals surface area contributed by atoms with Gasteiger partial charge in [0.15, 0.2) is 0 Å². The van der Waals surface area contributed by atoms with Crippen LogP contribution in [0.15, 0.2) is 24.5 Å². The third-order valence-electron chi connectivity index (χ3n) is 1.28. The van der Waals surface area contributed by atoms with Crippen molar-refractivity contribution in [2.75, 3.05) is 0 Å². The van der Waals surface area contributed by atoms with E-state index in [0.29, 0.717) is 10.6 Å². The van der Waals surface area contributed by atoms with Gasteiger partial charge in [-0.3, -0.25) is 14.6 Å². The molecular formula is C7H7N3O2. The van der Waals surface area contributed by atoms with Gasteiger partial charge in [-0.05, 0) is 12.1 Å². The fourth-order valence-corrected chi connectivity index (χ4v) is 0.691. The Hall–Kier alpha value is -1.75. The number of rotatable bonds is 2. The topological polar surface area (TPSA) is 76.3 Å². The standard InChI is InChI=1S/C7H7N3O2/c8-10(5-11)7(12)6-1-3-9-4-2-6/h1-5H,8H2. The number of hydrogen-bond donors (Lipinski definition) is 1. The van der Waals surface area contributed by atoms with E-state index in [1.54, 1.807) is 0 Å². The van der Waals surface area contributed by atoms with Crippen LogP contribution in [0.25, 0.3) is 0 Å². The second-order valence-corrected chi connectivity index (χ2v) is 2.05. The number of imide groups is 1. The lowest BCUT2D eigenvalue weighted by atomic mass is 10.2. The molecule has 1 heterocycles. The van der Waals surface area contributed by atoms with E-state index < -0.39 is 5.91 Å². The summed E-state index contributed by atoms with van der Waals surface area (Å²) < 4.78 is 0. The molecule has 0 aliphatic heterocycles. The van der Waals surface area contributed by atoms with E-state index in [2.05, 4.69) is 4.98 Å². The number of hydrogen-bond acceptors (Lipinski definition) is 4. The maximum atomic E-state index is 11.1. The average molecular weight is 165 g/mol. The van der Waals surface area contributed by atoms with Gasteiger partial charge in [-0.25, -0.2) is 10.9 Å². The summed E-state index contributed by atoms with van der Waals surface area (Å²) in [6.07, 6.45) is 3.15. The second kappa shape index (κ2) is 3.59. The molecule has 0 saturated carbocycles. The maximum absolute atomic E-state index is 11.1. The molecule has 0 aromatic carbocycles. The van der Waals surface area contributed by atoms with Crippen LogP contribution in [0.4, 0.5) is 0 Å². The molecule has 1 aromatic rings. The fraction of sp³-hybridized carbons (Fsp3) is 0. The van der Waals surface area contributed by atoms with E-state index in [1.807, 2.05) is 0 Å². The van der Waals surface area contributed by atoms with E-state index in [0.717, 1.165) is 0 Å². The number of nitrogens with zero attached hydrogens (tertiary/aromatic N) is 2. The summed E-state index contributed by atoms with van der Waals surface area (Å²) in [5.41, 5.74) is 0.333. The molecular weight excluding hydrogens is 158 g/mol. The van der Waals surface area contributed by atoms with Crippen molar-refractivity contribution < 1.29 is 9.59 Å². The maximum Gasteiger partial charge on any atom is 0.274 e. The Morgan fingerprint density at radius 3 is 2.58 bits per heavy atom. The van der Waals surface area contributed by atoms with E-state index >= 15 is 0 Å². The summed E-state index contributed by atoms with van der Waals surface area (Å²) in [5, 5.41) is 0.481. The molecule has 62 valence electrons. The lowest BCUT2D eigenvalue weighted by Gasteiger charge is -2.06. The van der Waals surface area contributed by atoms with Crippen LogP contribution in [-0.2, 0) is 4.79 Å². The van der Waals surface area contributed by atoms with Gasteiger partial charge < -0.3 is 0 Å². The monoisotopic (exact) mass is 165 g/mol. The molecule has 0 aliphatic carbocycles. The molecule has 0 saturated heterocycles. The number of carbonyl (C=O) groups excluding carboxylic acids is 2. The van der Waals surface area contributed by atoms with Crippen molar-refractivity contribution in [3.05, 3.63) is 30.1 Å². The molecule has 5 heteroatoms. The lowest BCUT2D eigenvalue weighted by molar-refractivity contribution is -0.116. The average Bonchev–Trinajstić information content (AvgIpc) is 2.17. The third-order valence-corrected chi connectivity index (χ3v) is 1.28. The van der Waals surface area contributed by atoms with Gasteiger partial charge in [0, 0.05) is 18.0 Å². The molecule has 0 spiro atoms. The van der Waals surface area contributed by atoms with Gasteiger partial charge in [0.25, 0.3) is 5.91 Å². The third kappa shape index (κ3) is 1.64. The molecule has 0 fully saturated rings. The van der Waals surface area contributed by atoms with Crippen molar-refractivity contribution in [1.82, 2.24) is 9.99 Å². The Morgan fingerprint density at radius 1 is 1.50 bits per heavy atom. The van der Waals surface area contributed by atoms with Gasteiger partial charge in [-0.2, -0.15) is 0 Å². The minimum atomic E-state index is -0.549. The SMILES string of the molecule is NN(C=O)C(=O)c1ccncc1. The molecule has 5 nitrogen and oxygen atoms in total. The van der Waals surface area contributed by atoms with Crippen LogP contribution in [0, 0.1) is 0 Å². The molecule has 2 N–H and O–H groups in total. The highest BCUT2D eigenvalue weighted by molar-refractivity contribution is 5.99. The minimum Gasteiger partial charge on any atom is -0.277 e. The van der Waals surface area contributed by atoms with E-state index in [9.17, 15) is 9.59 Å². The second-order valence-electron chi connectivity index (χ2n) is 2.05. The highest BCUT2D eigenvalue weighted by Crippen LogP contribution is 1.97. The van der Waals surface area contributed by atoms with Crippen LogP contribution >= 0.6 is 0 Å². The van der Waals surface area contributed by atoms with Crippen molar-refractivity contribution in [3.8, 4) is 0 Å². The first-order chi connectivity index (χ1) is 5.75. The molecule has 1 aromatic heterocycles. The minimum absolute atomic E-state index is 0.253. The Balaban J connectivity index is 2.85. The van der Waals surface area contributed by atoms with Crippen molar-refractivity contribution in [2.45, 2.75) is 0 Å². The Labute approximate surface area is 68.8 Å². The number of nitrogens with two attached hydrogens (primary N) is 1. The van der Waals surface area contributed by atoms with Crippen LogP contribution in [-0.4, -0.2) is 22.3 Å². The number of aromatic nitrogens is 1. The molecule has 0 bridgehead atoms. The highest BCUT2D eigenvalue weighted by atomic mass is 16.2. The van der Waals surface area contributed by atoms with Crippen LogP contribution in [0.5, 0.6) is 0 Å². The smallest absolute Gasteiger partial charge is 0.274 e. The summed E-state index contributed by atoms with van der Waals surface area (Å²) in [4.78, 5) is 24.9. The normalized spacial score (nSPS) is 9.08. The molecule has 0 radical (unpaired) electrons. The van der Waals surface area contributed by atoms with E-state index in [-0.39, 0.29) is 6.41 Å². The van der Waals surface area contributed by atoms with E-state index in [1.165, 1.54) is 24.5 Å². The Kier molecular flexibility index (Phi) is 2.49. The molecule has 0 unspecified atom stereocenters. The first kappa shape index (κ1) is 8.35. The zero-order chi connectivity index (χ0) is 8.97. The largest absolute Gasteiger partial charge is 0.277 e. The van der Waals surface area contributed by atoms with Gasteiger partial charge in [0.2, 0.25) is 6.41 Å². The molecule has 0 atom stereocenters. The predicted octanol–water partition coefficient (Wildman–Crippen LogP) is -0.446. The molecule has 12 heavy (non-hydrogen) atoms. The summed E-state index contributed by atoms with van der Waals surface area (Å²) in [5.74, 6) is 4.50. The fourth-order valence-electron chi connectivity index (χ4n) is 0.691. The van der Waals surface area contributed by atoms with Gasteiger partial charge in [-0.1, -0.05) is 0 Å². The molecule has 2 amide bonds. The summed E-state index contributed by atoms with van der Waals surface area (Å²) in [7, 11) is 0. The molecule has 1 rings (SSSR count). The van der Waals surface area contributed by atoms with Gasteiger partial charge >= 0.3 is 0 Å². The highest BCUT2D eigenvalue weighted by Gasteiger charge is 2.09. The Bertz CT molecular complexity index is 286. The van der Waals surface area contributed by atoms with Crippen LogP contribution in [0.1, 0.15) is 10.4 Å². The van der Waals surface area contributed by atoms with Crippen molar-refractivity contribution in [1.29, 1.82) is 0 Å². The molecule has 0 aliphatic rings. The number of pyridine rings is 1.